The maximum atomic E-state index is 12.8. The third kappa shape index (κ3) is 4.70. The number of ether oxygens (including phenoxy) is 1. The lowest BCUT2D eigenvalue weighted by atomic mass is 10.2. The zero-order valence-electron chi connectivity index (χ0n) is 16.1. The third-order valence-electron chi connectivity index (χ3n) is 4.31. The Morgan fingerprint density at radius 1 is 1.25 bits per heavy atom. The summed E-state index contributed by atoms with van der Waals surface area (Å²) in [4.78, 5) is 18.8. The van der Waals surface area contributed by atoms with Gasteiger partial charge in [-0.2, -0.15) is 4.98 Å². The number of hydrogen-bond donors (Lipinski definition) is 0. The predicted molar refractivity (Wildman–Crippen MR) is 107 cm³/mol. The summed E-state index contributed by atoms with van der Waals surface area (Å²) in [5, 5.41) is 4.66. The number of nitrogens with zero attached hydrogens (tertiary/aromatic N) is 3. The zero-order valence-corrected chi connectivity index (χ0v) is 16.8. The van der Waals surface area contributed by atoms with Crippen molar-refractivity contribution in [3.63, 3.8) is 0 Å². The van der Waals surface area contributed by atoms with Gasteiger partial charge in [-0.1, -0.05) is 47.1 Å². The van der Waals surface area contributed by atoms with Gasteiger partial charge in [-0.05, 0) is 44.5 Å². The molecule has 1 atom stereocenters. The van der Waals surface area contributed by atoms with Gasteiger partial charge in [-0.25, -0.2) is 0 Å². The predicted octanol–water partition coefficient (Wildman–Crippen LogP) is 4.51. The number of carbonyl (C=O) groups excluding carboxylic acids is 1. The Labute approximate surface area is 169 Å². The number of carbonyl (C=O) groups is 1. The van der Waals surface area contributed by atoms with E-state index < -0.39 is 6.10 Å². The first-order chi connectivity index (χ1) is 13.5. The van der Waals surface area contributed by atoms with E-state index in [0.717, 1.165) is 11.1 Å². The monoisotopic (exact) mass is 399 g/mol. The molecule has 0 spiro atoms. The minimum Gasteiger partial charge on any atom is -0.481 e. The molecule has 6 nitrogen and oxygen atoms in total. The van der Waals surface area contributed by atoms with Gasteiger partial charge < -0.3 is 14.2 Å². The van der Waals surface area contributed by atoms with Crippen LogP contribution in [0.2, 0.25) is 5.02 Å². The number of rotatable bonds is 7. The van der Waals surface area contributed by atoms with Crippen LogP contribution in [0.3, 0.4) is 0 Å². The highest BCUT2D eigenvalue weighted by molar-refractivity contribution is 6.31. The molecule has 0 saturated carbocycles. The minimum atomic E-state index is -0.656. The van der Waals surface area contributed by atoms with Crippen LogP contribution in [-0.2, 0) is 11.3 Å². The summed E-state index contributed by atoms with van der Waals surface area (Å²) >= 11 is 6.04. The first-order valence-electron chi connectivity index (χ1n) is 9.07. The Hall–Kier alpha value is -2.86. The van der Waals surface area contributed by atoms with Crippen LogP contribution in [0.15, 0.2) is 53.1 Å². The highest BCUT2D eigenvalue weighted by atomic mass is 35.5. The lowest BCUT2D eigenvalue weighted by Crippen LogP contribution is -2.40. The SMILES string of the molecule is CCN(Cc1nc(-c2ccccc2)no1)C(=O)[C@H](C)Oc1ccc(Cl)c(C)c1. The molecule has 1 aromatic heterocycles. The number of likely N-dealkylation sites (N-methyl/N-ethyl adjacent to an activating group) is 1. The Morgan fingerprint density at radius 2 is 2.00 bits per heavy atom. The van der Waals surface area contributed by atoms with E-state index in [1.54, 1.807) is 24.0 Å². The van der Waals surface area contributed by atoms with E-state index in [1.165, 1.54) is 0 Å². The van der Waals surface area contributed by atoms with Crippen molar-refractivity contribution in [1.82, 2.24) is 15.0 Å². The van der Waals surface area contributed by atoms with Crippen LogP contribution in [0.4, 0.5) is 0 Å². The molecule has 1 heterocycles. The molecule has 0 fully saturated rings. The average Bonchev–Trinajstić information content (AvgIpc) is 3.17. The number of aryl methyl sites for hydroxylation is 1. The normalized spacial score (nSPS) is 11.9. The van der Waals surface area contributed by atoms with Crippen molar-refractivity contribution in [3.8, 4) is 17.1 Å². The molecule has 3 rings (SSSR count). The number of halogens is 1. The fraction of sp³-hybridized carbons (Fsp3) is 0.286. The van der Waals surface area contributed by atoms with Gasteiger partial charge in [0.05, 0.1) is 0 Å². The van der Waals surface area contributed by atoms with Crippen molar-refractivity contribution in [2.45, 2.75) is 33.4 Å². The Balaban J connectivity index is 1.66. The van der Waals surface area contributed by atoms with E-state index in [1.807, 2.05) is 50.2 Å². The Morgan fingerprint density at radius 3 is 2.68 bits per heavy atom. The first kappa shape index (κ1) is 19.9. The molecule has 0 radical (unpaired) electrons. The highest BCUT2D eigenvalue weighted by Gasteiger charge is 2.23. The fourth-order valence-electron chi connectivity index (χ4n) is 2.73. The van der Waals surface area contributed by atoms with Gasteiger partial charge in [0.15, 0.2) is 6.10 Å². The fourth-order valence-corrected chi connectivity index (χ4v) is 2.85. The van der Waals surface area contributed by atoms with Crippen LogP contribution in [0.1, 0.15) is 25.3 Å². The summed E-state index contributed by atoms with van der Waals surface area (Å²) in [6.07, 6.45) is -0.656. The lowest BCUT2D eigenvalue weighted by Gasteiger charge is -2.23. The standard InChI is InChI=1S/C21H22ClN3O3/c1-4-25(13-19-23-20(24-28-19)16-8-6-5-7-9-16)21(26)15(3)27-17-10-11-18(22)14(2)12-17/h5-12,15H,4,13H2,1-3H3/t15-/m0/s1. The van der Waals surface area contributed by atoms with E-state index in [-0.39, 0.29) is 12.5 Å². The van der Waals surface area contributed by atoms with Gasteiger partial charge in [-0.3, -0.25) is 4.79 Å². The minimum absolute atomic E-state index is 0.158. The van der Waals surface area contributed by atoms with Crippen molar-refractivity contribution in [3.05, 3.63) is 65.0 Å². The van der Waals surface area contributed by atoms with Crippen molar-refractivity contribution < 1.29 is 14.1 Å². The van der Waals surface area contributed by atoms with Gasteiger partial charge >= 0.3 is 0 Å². The molecule has 0 unspecified atom stereocenters. The summed E-state index contributed by atoms with van der Waals surface area (Å²) in [7, 11) is 0. The van der Waals surface area contributed by atoms with Crippen LogP contribution >= 0.6 is 11.6 Å². The van der Waals surface area contributed by atoms with Gasteiger partial charge in [0.25, 0.3) is 5.91 Å². The quantitative estimate of drug-likeness (QED) is 0.584. The average molecular weight is 400 g/mol. The molecule has 0 aliphatic carbocycles. The van der Waals surface area contributed by atoms with Crippen molar-refractivity contribution >= 4 is 17.5 Å². The van der Waals surface area contributed by atoms with Crippen LogP contribution in [0.5, 0.6) is 5.75 Å². The summed E-state index contributed by atoms with van der Waals surface area (Å²) in [5.74, 6) is 1.32. The first-order valence-corrected chi connectivity index (χ1v) is 9.45. The van der Waals surface area contributed by atoms with Crippen LogP contribution in [0, 0.1) is 6.92 Å². The highest BCUT2D eigenvalue weighted by Crippen LogP contribution is 2.22. The molecule has 2 aromatic carbocycles. The molecule has 3 aromatic rings. The van der Waals surface area contributed by atoms with Gasteiger partial charge in [0.1, 0.15) is 12.3 Å². The molecular weight excluding hydrogens is 378 g/mol. The molecule has 0 aliphatic heterocycles. The molecule has 1 amide bonds. The smallest absolute Gasteiger partial charge is 0.263 e. The second-order valence-electron chi connectivity index (χ2n) is 6.40. The van der Waals surface area contributed by atoms with Crippen LogP contribution < -0.4 is 4.74 Å². The number of benzene rings is 2. The second kappa shape index (κ2) is 8.89. The van der Waals surface area contributed by atoms with Gasteiger partial charge in [0.2, 0.25) is 11.7 Å². The van der Waals surface area contributed by atoms with Crippen molar-refractivity contribution in [1.29, 1.82) is 0 Å². The largest absolute Gasteiger partial charge is 0.481 e. The zero-order chi connectivity index (χ0) is 20.1. The second-order valence-corrected chi connectivity index (χ2v) is 6.81. The summed E-state index contributed by atoms with van der Waals surface area (Å²) in [5.41, 5.74) is 1.76. The van der Waals surface area contributed by atoms with Crippen LogP contribution in [-0.4, -0.2) is 33.6 Å². The summed E-state index contributed by atoms with van der Waals surface area (Å²) < 4.78 is 11.1. The Kier molecular flexibility index (Phi) is 6.31. The van der Waals surface area contributed by atoms with E-state index in [2.05, 4.69) is 10.1 Å². The maximum absolute atomic E-state index is 12.8. The molecule has 0 N–H and O–H groups in total. The molecule has 0 aliphatic rings. The van der Waals surface area contributed by atoms with E-state index in [9.17, 15) is 4.79 Å². The molecular formula is C21H22ClN3O3. The number of amides is 1. The van der Waals surface area contributed by atoms with Gasteiger partial charge in [-0.15, -0.1) is 0 Å². The van der Waals surface area contributed by atoms with Crippen molar-refractivity contribution in [2.24, 2.45) is 0 Å². The van der Waals surface area contributed by atoms with Gasteiger partial charge in [0, 0.05) is 17.1 Å². The van der Waals surface area contributed by atoms with Crippen LogP contribution in [0.25, 0.3) is 11.4 Å². The number of hydrogen-bond acceptors (Lipinski definition) is 5. The molecule has 146 valence electrons. The molecule has 7 heteroatoms. The lowest BCUT2D eigenvalue weighted by molar-refractivity contribution is -0.138. The maximum Gasteiger partial charge on any atom is 0.263 e. The van der Waals surface area contributed by atoms with E-state index in [0.29, 0.717) is 29.0 Å². The molecule has 0 saturated heterocycles. The topological polar surface area (TPSA) is 68.5 Å². The number of aromatic nitrogens is 2. The van der Waals surface area contributed by atoms with Crippen molar-refractivity contribution in [2.75, 3.05) is 6.54 Å². The summed E-state index contributed by atoms with van der Waals surface area (Å²) in [6.45, 7) is 6.22. The van der Waals surface area contributed by atoms with E-state index >= 15 is 0 Å². The third-order valence-corrected chi connectivity index (χ3v) is 4.73. The molecule has 28 heavy (non-hydrogen) atoms. The molecule has 0 bridgehead atoms. The Bertz CT molecular complexity index is 943. The van der Waals surface area contributed by atoms with E-state index in [4.69, 9.17) is 20.9 Å². The summed E-state index contributed by atoms with van der Waals surface area (Å²) in [6, 6.07) is 14.9.